The van der Waals surface area contributed by atoms with Gasteiger partial charge in [-0.05, 0) is 12.8 Å². The van der Waals surface area contributed by atoms with Gasteiger partial charge in [-0.2, -0.15) is 0 Å². The number of ether oxygens (including phenoxy) is 1. The van der Waals surface area contributed by atoms with Crippen molar-refractivity contribution in [3.05, 3.63) is 0 Å². The lowest BCUT2D eigenvalue weighted by molar-refractivity contribution is -0.147. The third-order valence-corrected chi connectivity index (χ3v) is 3.64. The van der Waals surface area contributed by atoms with Crippen LogP contribution >= 0.6 is 0 Å². The molecule has 1 fully saturated rings. The van der Waals surface area contributed by atoms with Crippen LogP contribution in [-0.4, -0.2) is 42.3 Å². The van der Waals surface area contributed by atoms with Crippen molar-refractivity contribution < 1.29 is 24.2 Å². The minimum Gasteiger partial charge on any atom is -0.480 e. The maximum atomic E-state index is 11.9. The van der Waals surface area contributed by atoms with Crippen LogP contribution in [0.3, 0.4) is 0 Å². The zero-order valence-corrected chi connectivity index (χ0v) is 12.4. The van der Waals surface area contributed by atoms with Crippen LogP contribution in [0, 0.1) is 0 Å². The topological polar surface area (TPSA) is 105 Å². The van der Waals surface area contributed by atoms with Gasteiger partial charge in [0, 0.05) is 6.04 Å². The van der Waals surface area contributed by atoms with Crippen molar-refractivity contribution in [2.24, 2.45) is 0 Å². The molecular weight excluding hydrogens is 276 g/mol. The largest absolute Gasteiger partial charge is 0.480 e. The van der Waals surface area contributed by atoms with E-state index in [4.69, 9.17) is 5.11 Å². The van der Waals surface area contributed by atoms with Gasteiger partial charge in [0.1, 0.15) is 6.04 Å². The maximum absolute atomic E-state index is 11.9. The van der Waals surface area contributed by atoms with Crippen LogP contribution in [0.2, 0.25) is 0 Å². The van der Waals surface area contributed by atoms with E-state index in [9.17, 15) is 14.4 Å². The van der Waals surface area contributed by atoms with Crippen LogP contribution in [0.15, 0.2) is 0 Å². The SMILES string of the molecule is COC(=O)C[C@H](NC(=O)NC1CCCCCCC1)C(=O)O. The Kier molecular flexibility index (Phi) is 7.56. The van der Waals surface area contributed by atoms with Crippen molar-refractivity contribution in [2.45, 2.75) is 63.5 Å². The fourth-order valence-corrected chi connectivity index (χ4v) is 2.44. The summed E-state index contributed by atoms with van der Waals surface area (Å²) >= 11 is 0. The minimum atomic E-state index is -1.27. The number of carbonyl (C=O) groups excluding carboxylic acids is 2. The van der Waals surface area contributed by atoms with Crippen molar-refractivity contribution in [1.82, 2.24) is 10.6 Å². The number of rotatable bonds is 5. The fourth-order valence-electron chi connectivity index (χ4n) is 2.44. The van der Waals surface area contributed by atoms with Gasteiger partial charge in [-0.15, -0.1) is 0 Å². The monoisotopic (exact) mass is 300 g/mol. The summed E-state index contributed by atoms with van der Waals surface area (Å²) in [6.45, 7) is 0. The molecule has 0 bridgehead atoms. The smallest absolute Gasteiger partial charge is 0.326 e. The summed E-state index contributed by atoms with van der Waals surface area (Å²) in [6, 6.07) is -1.75. The second kappa shape index (κ2) is 9.20. The minimum absolute atomic E-state index is 0.0675. The summed E-state index contributed by atoms with van der Waals surface area (Å²) < 4.78 is 4.42. The number of esters is 1. The average molecular weight is 300 g/mol. The predicted molar refractivity (Wildman–Crippen MR) is 75.8 cm³/mol. The lowest BCUT2D eigenvalue weighted by Crippen LogP contribution is -2.49. The molecule has 0 spiro atoms. The first-order valence-electron chi connectivity index (χ1n) is 7.39. The Labute approximate surface area is 124 Å². The summed E-state index contributed by atoms with van der Waals surface area (Å²) in [6.07, 6.45) is 7.12. The summed E-state index contributed by atoms with van der Waals surface area (Å²) in [5.74, 6) is -1.93. The van der Waals surface area contributed by atoms with Gasteiger partial charge in [-0.1, -0.05) is 32.1 Å². The number of urea groups is 1. The highest BCUT2D eigenvalue weighted by Gasteiger charge is 2.24. The van der Waals surface area contributed by atoms with Crippen LogP contribution in [0.25, 0.3) is 0 Å². The number of amides is 2. The molecule has 0 heterocycles. The number of nitrogens with one attached hydrogen (secondary N) is 2. The lowest BCUT2D eigenvalue weighted by atomic mass is 9.97. The molecule has 1 aliphatic rings. The van der Waals surface area contributed by atoms with Crippen molar-refractivity contribution in [2.75, 3.05) is 7.11 Å². The molecule has 0 unspecified atom stereocenters. The average Bonchev–Trinajstić information content (AvgIpc) is 2.40. The molecule has 1 rings (SSSR count). The predicted octanol–water partition coefficient (Wildman–Crippen LogP) is 1.41. The van der Waals surface area contributed by atoms with Gasteiger partial charge in [-0.25, -0.2) is 9.59 Å². The normalized spacial score (nSPS) is 18.0. The van der Waals surface area contributed by atoms with Gasteiger partial charge < -0.3 is 20.5 Å². The van der Waals surface area contributed by atoms with Gasteiger partial charge in [0.25, 0.3) is 0 Å². The molecule has 1 saturated carbocycles. The molecule has 0 aromatic carbocycles. The highest BCUT2D eigenvalue weighted by molar-refractivity contribution is 5.86. The molecule has 0 aromatic heterocycles. The molecule has 0 saturated heterocycles. The molecule has 21 heavy (non-hydrogen) atoms. The van der Waals surface area contributed by atoms with Gasteiger partial charge in [-0.3, -0.25) is 4.79 Å². The lowest BCUT2D eigenvalue weighted by Gasteiger charge is -2.22. The number of carbonyl (C=O) groups is 3. The second-order valence-electron chi connectivity index (χ2n) is 5.33. The first-order chi connectivity index (χ1) is 10.0. The van der Waals surface area contributed by atoms with Crippen LogP contribution in [0.5, 0.6) is 0 Å². The van der Waals surface area contributed by atoms with Crippen LogP contribution in [-0.2, 0) is 14.3 Å². The van der Waals surface area contributed by atoms with E-state index in [1.165, 1.54) is 26.4 Å². The summed E-state index contributed by atoms with van der Waals surface area (Å²) in [7, 11) is 1.18. The highest BCUT2D eigenvalue weighted by atomic mass is 16.5. The molecule has 1 aliphatic carbocycles. The van der Waals surface area contributed by atoms with Crippen molar-refractivity contribution in [1.29, 1.82) is 0 Å². The van der Waals surface area contributed by atoms with E-state index < -0.39 is 24.0 Å². The van der Waals surface area contributed by atoms with E-state index in [2.05, 4.69) is 15.4 Å². The second-order valence-corrected chi connectivity index (χ2v) is 5.33. The Morgan fingerprint density at radius 2 is 1.71 bits per heavy atom. The van der Waals surface area contributed by atoms with Gasteiger partial charge in [0.15, 0.2) is 0 Å². The highest BCUT2D eigenvalue weighted by Crippen LogP contribution is 2.16. The van der Waals surface area contributed by atoms with Gasteiger partial charge >= 0.3 is 18.0 Å². The quantitative estimate of drug-likeness (QED) is 0.666. The molecule has 3 N–H and O–H groups in total. The fraction of sp³-hybridized carbons (Fsp3) is 0.786. The van der Waals surface area contributed by atoms with E-state index in [1.54, 1.807) is 0 Å². The molecular formula is C14H24N2O5. The Morgan fingerprint density at radius 1 is 1.14 bits per heavy atom. The van der Waals surface area contributed by atoms with Crippen LogP contribution in [0.1, 0.15) is 51.4 Å². The summed E-state index contributed by atoms with van der Waals surface area (Å²) in [5.41, 5.74) is 0. The van der Waals surface area contributed by atoms with E-state index in [-0.39, 0.29) is 12.5 Å². The number of hydrogen-bond donors (Lipinski definition) is 3. The number of methoxy groups -OCH3 is 1. The van der Waals surface area contributed by atoms with E-state index >= 15 is 0 Å². The Morgan fingerprint density at radius 3 is 2.24 bits per heavy atom. The zero-order valence-electron chi connectivity index (χ0n) is 12.4. The number of hydrogen-bond acceptors (Lipinski definition) is 4. The first-order valence-corrected chi connectivity index (χ1v) is 7.39. The molecule has 2 amide bonds. The standard InChI is InChI=1S/C14H24N2O5/c1-21-12(17)9-11(13(18)19)16-14(20)15-10-7-5-3-2-4-6-8-10/h10-11H,2-9H2,1H3,(H,18,19)(H2,15,16,20)/t11-/m0/s1. The first kappa shape index (κ1) is 17.3. The maximum Gasteiger partial charge on any atom is 0.326 e. The Bertz CT molecular complexity index is 364. The van der Waals surface area contributed by atoms with Gasteiger partial charge in [0.2, 0.25) is 0 Å². The zero-order chi connectivity index (χ0) is 15.7. The molecule has 0 radical (unpaired) electrons. The van der Waals surface area contributed by atoms with Crippen LogP contribution < -0.4 is 10.6 Å². The molecule has 120 valence electrons. The molecule has 0 aliphatic heterocycles. The molecule has 1 atom stereocenters. The van der Waals surface area contributed by atoms with Crippen molar-refractivity contribution in [3.63, 3.8) is 0 Å². The van der Waals surface area contributed by atoms with E-state index in [1.807, 2.05) is 0 Å². The molecule has 0 aromatic rings. The van der Waals surface area contributed by atoms with Crippen molar-refractivity contribution in [3.8, 4) is 0 Å². The molecule has 7 nitrogen and oxygen atoms in total. The van der Waals surface area contributed by atoms with E-state index in [0.29, 0.717) is 0 Å². The number of aliphatic carboxylic acids is 1. The third kappa shape index (κ3) is 6.97. The third-order valence-electron chi connectivity index (χ3n) is 3.64. The van der Waals surface area contributed by atoms with Crippen molar-refractivity contribution >= 4 is 18.0 Å². The number of carboxylic acids is 1. The van der Waals surface area contributed by atoms with Gasteiger partial charge in [0.05, 0.1) is 13.5 Å². The summed E-state index contributed by atoms with van der Waals surface area (Å²) in [5, 5.41) is 14.1. The number of carboxylic acid groups (broad SMARTS) is 1. The summed E-state index contributed by atoms with van der Waals surface area (Å²) in [4.78, 5) is 34.0. The Hall–Kier alpha value is -1.79. The van der Waals surface area contributed by atoms with E-state index in [0.717, 1.165) is 25.7 Å². The van der Waals surface area contributed by atoms with Crippen LogP contribution in [0.4, 0.5) is 4.79 Å². The molecule has 7 heteroatoms. The Balaban J connectivity index is 2.44.